The van der Waals surface area contributed by atoms with Crippen molar-refractivity contribution in [2.45, 2.75) is 53.2 Å². The lowest BCUT2D eigenvalue weighted by Gasteiger charge is -2.15. The van der Waals surface area contributed by atoms with E-state index in [2.05, 4.69) is 43.1 Å². The van der Waals surface area contributed by atoms with Gasteiger partial charge in [-0.05, 0) is 61.7 Å². The number of hydrogen-bond donors (Lipinski definition) is 4. The van der Waals surface area contributed by atoms with Gasteiger partial charge in [0.05, 0.1) is 41.7 Å². The molecule has 0 aliphatic carbocycles. The fourth-order valence-electron chi connectivity index (χ4n) is 5.31. The van der Waals surface area contributed by atoms with Gasteiger partial charge in [-0.3, -0.25) is 15.1 Å². The Balaban J connectivity index is 1.13. The lowest BCUT2D eigenvalue weighted by molar-refractivity contribution is -0.119. The normalized spacial score (nSPS) is 10.9. The molecule has 4 N–H and O–H groups in total. The van der Waals surface area contributed by atoms with Crippen LogP contribution in [0.3, 0.4) is 0 Å². The Bertz CT molecular complexity index is 2090. The van der Waals surface area contributed by atoms with E-state index in [1.54, 1.807) is 23.3 Å². The summed E-state index contributed by atoms with van der Waals surface area (Å²) in [5.74, 6) is 2.26. The van der Waals surface area contributed by atoms with Gasteiger partial charge in [-0.25, -0.2) is 19.4 Å². The Morgan fingerprint density at radius 3 is 2.42 bits per heavy atom. The fourth-order valence-corrected chi connectivity index (χ4v) is 5.31. The number of aryl methyl sites for hydroxylation is 2. The van der Waals surface area contributed by atoms with Gasteiger partial charge in [-0.15, -0.1) is 0 Å². The van der Waals surface area contributed by atoms with Gasteiger partial charge in [0.25, 0.3) is 0 Å². The summed E-state index contributed by atoms with van der Waals surface area (Å²) in [7, 11) is 0. The van der Waals surface area contributed by atoms with Crippen LogP contribution in [0.15, 0.2) is 97.5 Å². The lowest BCUT2D eigenvalue weighted by atomic mass is 10.1. The summed E-state index contributed by atoms with van der Waals surface area (Å²) in [5.41, 5.74) is 5.15. The molecule has 3 heterocycles. The average Bonchev–Trinajstić information content (AvgIpc) is 3.52. The smallest absolute Gasteiger partial charge is 0.324 e. The molecule has 6 rings (SSSR count). The highest BCUT2D eigenvalue weighted by Gasteiger charge is 2.15. The molecule has 0 fully saturated rings. The highest BCUT2D eigenvalue weighted by atomic mass is 16.5. The van der Waals surface area contributed by atoms with E-state index in [9.17, 15) is 9.59 Å². The van der Waals surface area contributed by atoms with Crippen LogP contribution in [-0.4, -0.2) is 36.7 Å². The number of rotatable bonds is 13. The van der Waals surface area contributed by atoms with Gasteiger partial charge in [0.1, 0.15) is 29.8 Å². The summed E-state index contributed by atoms with van der Waals surface area (Å²) in [5, 5.41) is 18.4. The van der Waals surface area contributed by atoms with Gasteiger partial charge in [0.2, 0.25) is 5.91 Å². The first kappa shape index (κ1) is 33.6. The third-order valence-corrected chi connectivity index (χ3v) is 7.90. The van der Waals surface area contributed by atoms with Crippen molar-refractivity contribution in [3.05, 3.63) is 120 Å². The standard InChI is InChI=1S/C38H39N9O3/c1-4-5-8-28-20-37(47(46-28)30-13-11-25(2)12-14-30)45-38(49)43-33-15-16-34(32-10-7-6-9-31(32)33)50-24-27-17-18-39-35(19-27)44-36-23-41-29(22-42-36)21-40-26(3)48/h6-7,9-20,22-23H,4-5,8,21,24H2,1-3H3,(H,40,48)(H,39,42,44)(H2,43,45,49). The summed E-state index contributed by atoms with van der Waals surface area (Å²) >= 11 is 0. The van der Waals surface area contributed by atoms with Crippen LogP contribution >= 0.6 is 0 Å². The molecule has 50 heavy (non-hydrogen) atoms. The van der Waals surface area contributed by atoms with Crippen molar-refractivity contribution >= 4 is 45.9 Å². The second-order valence-corrected chi connectivity index (χ2v) is 11.9. The minimum atomic E-state index is -0.372. The Hall–Kier alpha value is -6.30. The number of benzene rings is 3. The van der Waals surface area contributed by atoms with Crippen molar-refractivity contribution in [3.63, 3.8) is 0 Å². The van der Waals surface area contributed by atoms with Crippen LogP contribution in [0.1, 0.15) is 49.2 Å². The van der Waals surface area contributed by atoms with Gasteiger partial charge in [-0.1, -0.05) is 55.3 Å². The molecule has 12 heteroatoms. The topological polar surface area (TPSA) is 148 Å². The SMILES string of the molecule is CCCCc1cc(NC(=O)Nc2ccc(OCc3ccnc(Nc4cnc(CNC(C)=O)cn4)c3)c3ccccc23)n(-c2ccc(C)cc2)n1. The molecule has 0 saturated carbocycles. The zero-order chi connectivity index (χ0) is 34.9. The van der Waals surface area contributed by atoms with Crippen molar-refractivity contribution in [3.8, 4) is 11.4 Å². The van der Waals surface area contributed by atoms with Crippen molar-refractivity contribution in [1.29, 1.82) is 0 Å². The number of unbranched alkanes of at least 4 members (excludes halogenated alkanes) is 1. The van der Waals surface area contributed by atoms with E-state index in [0.29, 0.717) is 47.7 Å². The van der Waals surface area contributed by atoms with Crippen LogP contribution in [0, 0.1) is 6.92 Å². The summed E-state index contributed by atoms with van der Waals surface area (Å²) in [6, 6.07) is 24.9. The molecule has 6 aromatic rings. The van der Waals surface area contributed by atoms with E-state index in [0.717, 1.165) is 52.5 Å². The van der Waals surface area contributed by atoms with Crippen molar-refractivity contribution in [1.82, 2.24) is 30.0 Å². The molecule has 0 aliphatic rings. The fraction of sp³-hybridized carbons (Fsp3) is 0.211. The van der Waals surface area contributed by atoms with Crippen LogP contribution in [0.4, 0.5) is 27.9 Å². The van der Waals surface area contributed by atoms with Gasteiger partial charge in [0, 0.05) is 30.0 Å². The first-order valence-electron chi connectivity index (χ1n) is 16.5. The molecular formula is C38H39N9O3. The monoisotopic (exact) mass is 669 g/mol. The molecule has 0 bridgehead atoms. The van der Waals surface area contributed by atoms with Crippen LogP contribution in [0.5, 0.6) is 5.75 Å². The zero-order valence-corrected chi connectivity index (χ0v) is 28.2. The molecule has 0 radical (unpaired) electrons. The predicted molar refractivity (Wildman–Crippen MR) is 195 cm³/mol. The number of nitrogens with one attached hydrogen (secondary N) is 4. The van der Waals surface area contributed by atoms with Crippen LogP contribution in [-0.2, 0) is 24.4 Å². The number of fused-ring (bicyclic) bond motifs is 1. The third-order valence-electron chi connectivity index (χ3n) is 7.90. The van der Waals surface area contributed by atoms with Crippen LogP contribution in [0.25, 0.3) is 16.5 Å². The number of amides is 3. The molecule has 254 valence electrons. The number of hydrogen-bond acceptors (Lipinski definition) is 8. The second-order valence-electron chi connectivity index (χ2n) is 11.9. The van der Waals surface area contributed by atoms with Crippen molar-refractivity contribution in [2.24, 2.45) is 0 Å². The predicted octanol–water partition coefficient (Wildman–Crippen LogP) is 7.46. The van der Waals surface area contributed by atoms with E-state index >= 15 is 0 Å². The maximum atomic E-state index is 13.4. The number of urea groups is 1. The van der Waals surface area contributed by atoms with E-state index in [-0.39, 0.29) is 11.9 Å². The first-order chi connectivity index (χ1) is 24.3. The van der Waals surface area contributed by atoms with Gasteiger partial charge >= 0.3 is 6.03 Å². The molecule has 3 amide bonds. The van der Waals surface area contributed by atoms with Gasteiger partial charge < -0.3 is 20.7 Å². The summed E-state index contributed by atoms with van der Waals surface area (Å²) in [6.07, 6.45) is 7.79. The van der Waals surface area contributed by atoms with Crippen molar-refractivity contribution < 1.29 is 14.3 Å². The number of aromatic nitrogens is 5. The Morgan fingerprint density at radius 1 is 0.840 bits per heavy atom. The van der Waals surface area contributed by atoms with Crippen LogP contribution in [0.2, 0.25) is 0 Å². The van der Waals surface area contributed by atoms with Crippen molar-refractivity contribution in [2.75, 3.05) is 16.0 Å². The highest BCUT2D eigenvalue weighted by molar-refractivity contribution is 6.07. The average molecular weight is 670 g/mol. The molecule has 3 aromatic heterocycles. The maximum absolute atomic E-state index is 13.4. The number of ether oxygens (including phenoxy) is 1. The second kappa shape index (κ2) is 15.7. The molecule has 0 atom stereocenters. The van der Waals surface area contributed by atoms with E-state index in [1.165, 1.54) is 6.92 Å². The third kappa shape index (κ3) is 8.58. The molecule has 0 unspecified atom stereocenters. The van der Waals surface area contributed by atoms with Gasteiger partial charge in [0.15, 0.2) is 0 Å². The Labute approximate surface area is 290 Å². The first-order valence-corrected chi connectivity index (χ1v) is 16.5. The quantitative estimate of drug-likeness (QED) is 0.0991. The molecule has 0 spiro atoms. The number of carbonyl (C=O) groups is 2. The number of carbonyl (C=O) groups excluding carboxylic acids is 2. The number of anilines is 4. The largest absolute Gasteiger partial charge is 0.488 e. The molecule has 12 nitrogen and oxygen atoms in total. The molecule has 0 saturated heterocycles. The Morgan fingerprint density at radius 2 is 1.66 bits per heavy atom. The molecule has 3 aromatic carbocycles. The summed E-state index contributed by atoms with van der Waals surface area (Å²) < 4.78 is 8.05. The van der Waals surface area contributed by atoms with E-state index in [1.807, 2.05) is 85.8 Å². The zero-order valence-electron chi connectivity index (χ0n) is 28.2. The number of pyridine rings is 1. The maximum Gasteiger partial charge on any atom is 0.324 e. The van der Waals surface area contributed by atoms with E-state index in [4.69, 9.17) is 9.84 Å². The minimum Gasteiger partial charge on any atom is -0.488 e. The summed E-state index contributed by atoms with van der Waals surface area (Å²) in [4.78, 5) is 37.6. The number of nitrogens with zero attached hydrogens (tertiary/aromatic N) is 5. The van der Waals surface area contributed by atoms with Gasteiger partial charge in [-0.2, -0.15) is 5.10 Å². The minimum absolute atomic E-state index is 0.129. The summed E-state index contributed by atoms with van der Waals surface area (Å²) in [6.45, 7) is 6.24. The lowest BCUT2D eigenvalue weighted by Crippen LogP contribution is -2.21. The van der Waals surface area contributed by atoms with E-state index < -0.39 is 0 Å². The Kier molecular flexibility index (Phi) is 10.6. The highest BCUT2D eigenvalue weighted by Crippen LogP contribution is 2.32. The van der Waals surface area contributed by atoms with Crippen LogP contribution < -0.4 is 26.0 Å². The molecular weight excluding hydrogens is 630 g/mol. The molecule has 0 aliphatic heterocycles.